The molecule has 1 aromatic heterocycles. The number of carboxylic acid groups (broad SMARTS) is 1. The van der Waals surface area contributed by atoms with E-state index in [-0.39, 0.29) is 17.3 Å². The van der Waals surface area contributed by atoms with Crippen molar-refractivity contribution in [1.82, 2.24) is 4.57 Å². The fourth-order valence-corrected chi connectivity index (χ4v) is 1.52. The molecule has 1 heterocycles. The Hall–Kier alpha value is -3.37. The summed E-state index contributed by atoms with van der Waals surface area (Å²) in [4.78, 5) is 20.1. The summed E-state index contributed by atoms with van der Waals surface area (Å²) in [6.45, 7) is 0. The van der Waals surface area contributed by atoms with E-state index in [9.17, 15) is 28.2 Å². The number of halogens is 3. The monoisotopic (exact) mass is 345 g/mol. The zero-order valence-electron chi connectivity index (χ0n) is 11.7. The van der Waals surface area contributed by atoms with Crippen LogP contribution in [0.1, 0.15) is 10.4 Å². The summed E-state index contributed by atoms with van der Waals surface area (Å²) in [6.07, 6.45) is -5.08. The summed E-state index contributed by atoms with van der Waals surface area (Å²) in [5.41, 5.74) is 7.27. The van der Waals surface area contributed by atoms with Gasteiger partial charge in [-0.1, -0.05) is 6.07 Å². The Kier molecular flexibility index (Phi) is 5.65. The smallest absolute Gasteiger partial charge is 0.490 e. The maximum Gasteiger partial charge on any atom is 0.490 e. The molecule has 11 heteroatoms. The third-order valence-corrected chi connectivity index (χ3v) is 2.54. The minimum Gasteiger partial charge on any atom is -0.494 e. The van der Waals surface area contributed by atoms with Crippen LogP contribution in [0.5, 0.6) is 11.8 Å². The highest BCUT2D eigenvalue weighted by Crippen LogP contribution is 2.26. The van der Waals surface area contributed by atoms with Gasteiger partial charge in [-0.3, -0.25) is 9.36 Å². The van der Waals surface area contributed by atoms with Crippen molar-refractivity contribution >= 4 is 11.9 Å². The molecule has 0 aliphatic rings. The van der Waals surface area contributed by atoms with E-state index < -0.39 is 18.1 Å². The van der Waals surface area contributed by atoms with Crippen LogP contribution in [0.2, 0.25) is 0 Å². The van der Waals surface area contributed by atoms with Gasteiger partial charge < -0.3 is 15.3 Å². The maximum absolute atomic E-state index is 11.2. The minimum absolute atomic E-state index is 0.144. The number of hydrogen-bond donors (Lipinski definition) is 4. The van der Waals surface area contributed by atoms with E-state index in [4.69, 9.17) is 15.4 Å². The lowest BCUT2D eigenvalue weighted by atomic mass is 10.2. The molecule has 0 fully saturated rings. The average Bonchev–Trinajstić information content (AvgIpc) is 2.85. The molecule has 2 rings (SSSR count). The van der Waals surface area contributed by atoms with Crippen LogP contribution in [-0.4, -0.2) is 37.9 Å². The first-order valence-electron chi connectivity index (χ1n) is 6.00. The van der Waals surface area contributed by atoms with Gasteiger partial charge in [0, 0.05) is 17.7 Å². The SMILES string of the molecule is N=NC(=O)c1cccc(-n2c(O)ccc2O)c1.O=C(O)C(F)(F)F. The fraction of sp³-hybridized carbons (Fsp3) is 0.0769. The van der Waals surface area contributed by atoms with Gasteiger partial charge in [0.2, 0.25) is 0 Å². The highest BCUT2D eigenvalue weighted by atomic mass is 19.4. The first-order chi connectivity index (χ1) is 11.1. The van der Waals surface area contributed by atoms with E-state index in [2.05, 4.69) is 5.11 Å². The lowest BCUT2D eigenvalue weighted by Gasteiger charge is -2.07. The Morgan fingerprint density at radius 1 is 1.08 bits per heavy atom. The molecule has 4 N–H and O–H groups in total. The van der Waals surface area contributed by atoms with E-state index in [0.717, 1.165) is 0 Å². The predicted octanol–water partition coefficient (Wildman–Crippen LogP) is 2.69. The van der Waals surface area contributed by atoms with Crippen LogP contribution in [0, 0.1) is 5.53 Å². The second-order valence-electron chi connectivity index (χ2n) is 4.16. The van der Waals surface area contributed by atoms with Crippen molar-refractivity contribution in [2.75, 3.05) is 0 Å². The number of aromatic hydroxyl groups is 2. The Morgan fingerprint density at radius 2 is 1.58 bits per heavy atom. The summed E-state index contributed by atoms with van der Waals surface area (Å²) in [5.74, 6) is -3.73. The average molecular weight is 345 g/mol. The van der Waals surface area contributed by atoms with Gasteiger partial charge in [0.25, 0.3) is 5.91 Å². The van der Waals surface area contributed by atoms with Gasteiger partial charge in [-0.25, -0.2) is 10.3 Å². The van der Waals surface area contributed by atoms with Crippen molar-refractivity contribution in [3.05, 3.63) is 42.0 Å². The molecule has 1 aromatic carbocycles. The van der Waals surface area contributed by atoms with Crippen molar-refractivity contribution in [3.63, 3.8) is 0 Å². The van der Waals surface area contributed by atoms with Crippen molar-refractivity contribution < 1.29 is 38.1 Å². The Morgan fingerprint density at radius 3 is 2.00 bits per heavy atom. The van der Waals surface area contributed by atoms with Crippen molar-refractivity contribution in [3.8, 4) is 17.4 Å². The van der Waals surface area contributed by atoms with Gasteiger partial charge in [0.1, 0.15) is 0 Å². The van der Waals surface area contributed by atoms with Crippen molar-refractivity contribution in [2.45, 2.75) is 6.18 Å². The van der Waals surface area contributed by atoms with Crippen molar-refractivity contribution in [2.24, 2.45) is 5.11 Å². The number of aromatic nitrogens is 1. The lowest BCUT2D eigenvalue weighted by molar-refractivity contribution is -0.192. The van der Waals surface area contributed by atoms with Gasteiger partial charge in [0.15, 0.2) is 11.8 Å². The zero-order chi connectivity index (χ0) is 18.5. The van der Waals surface area contributed by atoms with Crippen LogP contribution in [0.3, 0.4) is 0 Å². The predicted molar refractivity (Wildman–Crippen MR) is 72.3 cm³/mol. The minimum atomic E-state index is -5.08. The number of rotatable bonds is 2. The van der Waals surface area contributed by atoms with Crippen LogP contribution in [0.25, 0.3) is 5.69 Å². The molecular formula is C13H10F3N3O5. The maximum atomic E-state index is 11.2. The summed E-state index contributed by atoms with van der Waals surface area (Å²) < 4.78 is 32.9. The van der Waals surface area contributed by atoms with Crippen LogP contribution in [0.15, 0.2) is 41.5 Å². The number of carbonyl (C=O) groups is 2. The molecule has 24 heavy (non-hydrogen) atoms. The number of carbonyl (C=O) groups excluding carboxylic acids is 1. The van der Waals surface area contributed by atoms with Crippen molar-refractivity contribution in [1.29, 1.82) is 5.53 Å². The molecule has 2 aromatic rings. The van der Waals surface area contributed by atoms with Gasteiger partial charge in [0.05, 0.1) is 5.69 Å². The van der Waals surface area contributed by atoms with E-state index in [1.54, 1.807) is 12.1 Å². The van der Waals surface area contributed by atoms with Gasteiger partial charge in [-0.05, 0) is 18.2 Å². The number of nitrogens with zero attached hydrogens (tertiary/aromatic N) is 2. The molecule has 0 aliphatic carbocycles. The molecule has 0 bridgehead atoms. The van der Waals surface area contributed by atoms with E-state index in [1.165, 1.54) is 28.8 Å². The largest absolute Gasteiger partial charge is 0.494 e. The second-order valence-corrected chi connectivity index (χ2v) is 4.16. The van der Waals surface area contributed by atoms with Gasteiger partial charge in [-0.15, -0.1) is 5.11 Å². The third-order valence-electron chi connectivity index (χ3n) is 2.54. The molecule has 0 atom stereocenters. The second kappa shape index (κ2) is 7.26. The van der Waals surface area contributed by atoms with Crippen LogP contribution >= 0.6 is 0 Å². The molecule has 0 saturated carbocycles. The van der Waals surface area contributed by atoms with E-state index in [0.29, 0.717) is 5.69 Å². The van der Waals surface area contributed by atoms with E-state index >= 15 is 0 Å². The van der Waals surface area contributed by atoms with E-state index in [1.807, 2.05) is 0 Å². The molecule has 0 aliphatic heterocycles. The molecule has 1 amide bonds. The Balaban J connectivity index is 0.000000351. The molecule has 0 saturated heterocycles. The zero-order valence-corrected chi connectivity index (χ0v) is 11.7. The third kappa shape index (κ3) is 4.56. The highest BCUT2D eigenvalue weighted by Gasteiger charge is 2.38. The van der Waals surface area contributed by atoms with Gasteiger partial charge >= 0.3 is 12.1 Å². The van der Waals surface area contributed by atoms with Crippen LogP contribution in [0.4, 0.5) is 13.2 Å². The fourth-order valence-electron chi connectivity index (χ4n) is 1.52. The van der Waals surface area contributed by atoms with Crippen LogP contribution < -0.4 is 0 Å². The van der Waals surface area contributed by atoms with Crippen LogP contribution in [-0.2, 0) is 4.79 Å². The topological polar surface area (TPSA) is 136 Å². The number of hydrogen-bond acceptors (Lipinski definition) is 5. The number of alkyl halides is 3. The highest BCUT2D eigenvalue weighted by molar-refractivity contribution is 5.94. The summed E-state index contributed by atoms with van der Waals surface area (Å²) in [6, 6.07) is 8.78. The number of benzene rings is 1. The quantitative estimate of drug-likeness (QED) is 0.620. The lowest BCUT2D eigenvalue weighted by Crippen LogP contribution is -2.21. The Bertz CT molecular complexity index is 751. The normalized spacial score (nSPS) is 10.5. The molecule has 0 radical (unpaired) electrons. The number of carboxylic acids is 1. The summed E-state index contributed by atoms with van der Waals surface area (Å²) in [5, 5.41) is 29.0. The molecule has 0 spiro atoms. The first kappa shape index (κ1) is 18.7. The summed E-state index contributed by atoms with van der Waals surface area (Å²) in [7, 11) is 0. The number of nitrogens with one attached hydrogen (secondary N) is 1. The standard InChI is InChI=1S/C11H9N3O3.C2HF3O2/c12-13-11(17)7-2-1-3-8(6-7)14-9(15)4-5-10(14)16;3-2(4,5)1(6)7/h1-6,12,15-16H;(H,6,7). The van der Waals surface area contributed by atoms with Gasteiger partial charge in [-0.2, -0.15) is 13.2 Å². The number of amides is 1. The Labute approximate surface area is 131 Å². The molecular weight excluding hydrogens is 335 g/mol. The molecule has 128 valence electrons. The first-order valence-corrected chi connectivity index (χ1v) is 6.00. The molecule has 0 unspecified atom stereocenters. The summed E-state index contributed by atoms with van der Waals surface area (Å²) >= 11 is 0. The number of aliphatic carboxylic acids is 1. The molecule has 8 nitrogen and oxygen atoms in total.